The number of amides is 2. The first kappa shape index (κ1) is 14.0. The largest absolute Gasteiger partial charge is 0.368 e. The van der Waals surface area contributed by atoms with Gasteiger partial charge in [0.2, 0.25) is 11.8 Å². The molecule has 3 unspecified atom stereocenters. The van der Waals surface area contributed by atoms with Crippen molar-refractivity contribution < 1.29 is 9.59 Å². The van der Waals surface area contributed by atoms with Crippen LogP contribution < -0.4 is 16.8 Å². The molecule has 0 radical (unpaired) electrons. The van der Waals surface area contributed by atoms with E-state index in [-0.39, 0.29) is 17.9 Å². The summed E-state index contributed by atoms with van der Waals surface area (Å²) in [4.78, 5) is 23.2. The van der Waals surface area contributed by atoms with Crippen LogP contribution in [0.25, 0.3) is 0 Å². The average molecular weight is 241 g/mol. The fraction of sp³-hybridized carbons (Fsp3) is 0.833. The normalized spacial score (nSPS) is 29.8. The van der Waals surface area contributed by atoms with Gasteiger partial charge in [0, 0.05) is 6.04 Å². The van der Waals surface area contributed by atoms with E-state index in [4.69, 9.17) is 11.5 Å². The molecule has 0 aromatic rings. The number of rotatable bonds is 3. The molecule has 0 bridgehead atoms. The highest BCUT2D eigenvalue weighted by Crippen LogP contribution is 2.28. The van der Waals surface area contributed by atoms with Crippen molar-refractivity contribution in [1.82, 2.24) is 5.32 Å². The Bertz CT molecular complexity index is 315. The van der Waals surface area contributed by atoms with Gasteiger partial charge in [0.1, 0.15) is 5.54 Å². The quantitative estimate of drug-likeness (QED) is 0.655. The van der Waals surface area contributed by atoms with Crippen LogP contribution in [0, 0.1) is 11.8 Å². The van der Waals surface area contributed by atoms with Crippen LogP contribution in [-0.2, 0) is 9.59 Å². The standard InChI is InChI=1S/C12H23N3O2/c1-7-5-4-6-8(9(7)13)10(16)15-12(2,3)11(14)17/h7-9H,4-6,13H2,1-3H3,(H2,14,17)(H,15,16). The van der Waals surface area contributed by atoms with Crippen LogP contribution in [-0.4, -0.2) is 23.4 Å². The highest BCUT2D eigenvalue weighted by Gasteiger charge is 2.36. The molecule has 0 saturated heterocycles. The van der Waals surface area contributed by atoms with E-state index in [9.17, 15) is 9.59 Å². The lowest BCUT2D eigenvalue weighted by atomic mass is 9.77. The molecule has 1 aliphatic rings. The van der Waals surface area contributed by atoms with E-state index in [2.05, 4.69) is 12.2 Å². The smallest absolute Gasteiger partial charge is 0.242 e. The minimum atomic E-state index is -1.02. The molecule has 5 N–H and O–H groups in total. The van der Waals surface area contributed by atoms with E-state index in [1.807, 2.05) is 0 Å². The van der Waals surface area contributed by atoms with Crippen molar-refractivity contribution in [2.75, 3.05) is 0 Å². The average Bonchev–Trinajstić information content (AvgIpc) is 2.21. The van der Waals surface area contributed by atoms with E-state index < -0.39 is 11.4 Å². The van der Waals surface area contributed by atoms with Crippen LogP contribution in [0.2, 0.25) is 0 Å². The van der Waals surface area contributed by atoms with Gasteiger partial charge in [-0.1, -0.05) is 13.3 Å². The number of hydrogen-bond donors (Lipinski definition) is 3. The van der Waals surface area contributed by atoms with Gasteiger partial charge in [-0.25, -0.2) is 0 Å². The minimum absolute atomic E-state index is 0.132. The van der Waals surface area contributed by atoms with Gasteiger partial charge >= 0.3 is 0 Å². The summed E-state index contributed by atoms with van der Waals surface area (Å²) >= 11 is 0. The Kier molecular flexibility index (Phi) is 4.14. The third kappa shape index (κ3) is 3.19. The maximum absolute atomic E-state index is 12.1. The highest BCUT2D eigenvalue weighted by molar-refractivity contribution is 5.90. The van der Waals surface area contributed by atoms with Crippen molar-refractivity contribution in [3.63, 3.8) is 0 Å². The van der Waals surface area contributed by atoms with Crippen molar-refractivity contribution in [3.05, 3.63) is 0 Å². The maximum atomic E-state index is 12.1. The molecule has 1 aliphatic carbocycles. The number of carbonyl (C=O) groups is 2. The molecule has 5 nitrogen and oxygen atoms in total. The fourth-order valence-corrected chi connectivity index (χ4v) is 2.21. The lowest BCUT2D eigenvalue weighted by Gasteiger charge is -2.34. The van der Waals surface area contributed by atoms with E-state index >= 15 is 0 Å². The molecule has 0 aromatic heterocycles. The zero-order chi connectivity index (χ0) is 13.2. The second kappa shape index (κ2) is 5.04. The summed E-state index contributed by atoms with van der Waals surface area (Å²) in [6.45, 7) is 5.26. The molecular weight excluding hydrogens is 218 g/mol. The molecule has 0 heterocycles. The van der Waals surface area contributed by atoms with Gasteiger partial charge in [0.25, 0.3) is 0 Å². The Hall–Kier alpha value is -1.10. The molecule has 1 fully saturated rings. The number of primary amides is 1. The molecular formula is C12H23N3O2. The first-order valence-corrected chi connectivity index (χ1v) is 6.13. The van der Waals surface area contributed by atoms with Crippen LogP contribution in [0.1, 0.15) is 40.0 Å². The van der Waals surface area contributed by atoms with E-state index in [0.717, 1.165) is 19.3 Å². The van der Waals surface area contributed by atoms with Crippen LogP contribution in [0.4, 0.5) is 0 Å². The van der Waals surface area contributed by atoms with Gasteiger partial charge < -0.3 is 16.8 Å². The molecule has 17 heavy (non-hydrogen) atoms. The lowest BCUT2D eigenvalue weighted by molar-refractivity contribution is -0.134. The second-order valence-corrected chi connectivity index (χ2v) is 5.57. The van der Waals surface area contributed by atoms with Gasteiger partial charge in [-0.2, -0.15) is 0 Å². The predicted molar refractivity (Wildman–Crippen MR) is 65.9 cm³/mol. The van der Waals surface area contributed by atoms with E-state index in [0.29, 0.717) is 5.92 Å². The van der Waals surface area contributed by atoms with Crippen molar-refractivity contribution in [2.45, 2.75) is 51.6 Å². The summed E-state index contributed by atoms with van der Waals surface area (Å²) in [5.74, 6) is -0.565. The van der Waals surface area contributed by atoms with E-state index in [1.165, 1.54) is 0 Å². The number of hydrogen-bond acceptors (Lipinski definition) is 3. The second-order valence-electron chi connectivity index (χ2n) is 5.57. The first-order chi connectivity index (χ1) is 7.75. The molecule has 5 heteroatoms. The zero-order valence-electron chi connectivity index (χ0n) is 10.8. The molecule has 1 saturated carbocycles. The van der Waals surface area contributed by atoms with Gasteiger partial charge in [0.05, 0.1) is 5.92 Å². The molecule has 0 aromatic carbocycles. The first-order valence-electron chi connectivity index (χ1n) is 6.13. The lowest BCUT2D eigenvalue weighted by Crippen LogP contribution is -2.57. The number of nitrogens with one attached hydrogen (secondary N) is 1. The monoisotopic (exact) mass is 241 g/mol. The Labute approximate surface area is 102 Å². The maximum Gasteiger partial charge on any atom is 0.242 e. The van der Waals surface area contributed by atoms with Crippen LogP contribution in [0.5, 0.6) is 0 Å². The Morgan fingerprint density at radius 1 is 1.29 bits per heavy atom. The van der Waals surface area contributed by atoms with Crippen LogP contribution in [0.15, 0.2) is 0 Å². The van der Waals surface area contributed by atoms with Crippen LogP contribution in [0.3, 0.4) is 0 Å². The Morgan fingerprint density at radius 2 is 1.88 bits per heavy atom. The Morgan fingerprint density at radius 3 is 2.41 bits per heavy atom. The van der Waals surface area contributed by atoms with Crippen molar-refractivity contribution in [3.8, 4) is 0 Å². The van der Waals surface area contributed by atoms with Crippen molar-refractivity contribution in [2.24, 2.45) is 23.3 Å². The summed E-state index contributed by atoms with van der Waals surface area (Å²) in [6, 6.07) is -0.132. The van der Waals surface area contributed by atoms with Crippen molar-refractivity contribution in [1.29, 1.82) is 0 Å². The Balaban J connectivity index is 2.67. The number of nitrogens with two attached hydrogens (primary N) is 2. The SMILES string of the molecule is CC1CCCC(C(=O)NC(C)(C)C(N)=O)C1N. The summed E-state index contributed by atoms with van der Waals surface area (Å²) in [6.07, 6.45) is 2.85. The molecule has 0 spiro atoms. The molecule has 0 aliphatic heterocycles. The summed E-state index contributed by atoms with van der Waals surface area (Å²) in [5, 5.41) is 2.68. The third-order valence-corrected chi connectivity index (χ3v) is 3.68. The van der Waals surface area contributed by atoms with Crippen molar-refractivity contribution >= 4 is 11.8 Å². The molecule has 2 amide bonds. The number of carbonyl (C=O) groups excluding carboxylic acids is 2. The summed E-state index contributed by atoms with van der Waals surface area (Å²) < 4.78 is 0. The predicted octanol–water partition coefficient (Wildman–Crippen LogP) is 0.130. The van der Waals surface area contributed by atoms with Gasteiger partial charge in [-0.3, -0.25) is 9.59 Å². The molecule has 1 rings (SSSR count). The summed E-state index contributed by atoms with van der Waals surface area (Å²) in [7, 11) is 0. The minimum Gasteiger partial charge on any atom is -0.368 e. The fourth-order valence-electron chi connectivity index (χ4n) is 2.21. The molecule has 3 atom stereocenters. The van der Waals surface area contributed by atoms with Gasteiger partial charge in [0.15, 0.2) is 0 Å². The zero-order valence-corrected chi connectivity index (χ0v) is 10.8. The third-order valence-electron chi connectivity index (χ3n) is 3.68. The van der Waals surface area contributed by atoms with E-state index in [1.54, 1.807) is 13.8 Å². The highest BCUT2D eigenvalue weighted by atomic mass is 16.2. The summed E-state index contributed by atoms with van der Waals surface area (Å²) in [5.41, 5.74) is 10.3. The van der Waals surface area contributed by atoms with Crippen LogP contribution >= 0.6 is 0 Å². The van der Waals surface area contributed by atoms with Gasteiger partial charge in [-0.05, 0) is 32.6 Å². The topological polar surface area (TPSA) is 98.2 Å². The molecule has 98 valence electrons. The van der Waals surface area contributed by atoms with Gasteiger partial charge in [-0.15, -0.1) is 0 Å².